The average molecular weight is 171 g/mol. The fourth-order valence-electron chi connectivity index (χ4n) is 1.53. The minimum atomic E-state index is -0.777. The van der Waals surface area contributed by atoms with Crippen LogP contribution in [0.3, 0.4) is 0 Å². The molecule has 1 aliphatic heterocycles. The van der Waals surface area contributed by atoms with Gasteiger partial charge in [0.15, 0.2) is 0 Å². The van der Waals surface area contributed by atoms with E-state index in [1.54, 1.807) is 0 Å². The molecule has 0 radical (unpaired) electrons. The van der Waals surface area contributed by atoms with E-state index in [-0.39, 0.29) is 0 Å². The summed E-state index contributed by atoms with van der Waals surface area (Å²) in [6.45, 7) is 0.880. The van der Waals surface area contributed by atoms with Crippen LogP contribution in [-0.4, -0.2) is 35.9 Å². The van der Waals surface area contributed by atoms with Crippen LogP contribution < -0.4 is 5.32 Å². The lowest BCUT2D eigenvalue weighted by Gasteiger charge is -2.23. The van der Waals surface area contributed by atoms with Gasteiger partial charge < -0.3 is 9.84 Å². The van der Waals surface area contributed by atoms with E-state index in [9.17, 15) is 4.79 Å². The third-order valence-electron chi connectivity index (χ3n) is 2.49. The van der Waals surface area contributed by atoms with Gasteiger partial charge in [-0.1, -0.05) is 0 Å². The predicted octanol–water partition coefficient (Wildman–Crippen LogP) is -0.0179. The SMILES string of the molecule is O=C(O)C1(NC2CC2)CCOC1. The molecule has 2 aliphatic rings. The predicted molar refractivity (Wildman–Crippen MR) is 42.0 cm³/mol. The largest absolute Gasteiger partial charge is 0.480 e. The molecule has 2 rings (SSSR count). The summed E-state index contributed by atoms with van der Waals surface area (Å²) in [6, 6.07) is 0.419. The third kappa shape index (κ3) is 1.32. The van der Waals surface area contributed by atoms with Crippen LogP contribution in [0.2, 0.25) is 0 Å². The number of carboxylic acids is 1. The maximum absolute atomic E-state index is 10.9. The Morgan fingerprint density at radius 3 is 2.75 bits per heavy atom. The lowest BCUT2D eigenvalue weighted by Crippen LogP contribution is -2.53. The van der Waals surface area contributed by atoms with Crippen molar-refractivity contribution in [1.82, 2.24) is 5.32 Å². The molecular weight excluding hydrogens is 158 g/mol. The first-order valence-corrected chi connectivity index (χ1v) is 4.32. The molecule has 0 bridgehead atoms. The molecular formula is C8H13NO3. The molecule has 0 amide bonds. The van der Waals surface area contributed by atoms with Crippen LogP contribution in [0.15, 0.2) is 0 Å². The Kier molecular flexibility index (Phi) is 1.81. The maximum Gasteiger partial charge on any atom is 0.326 e. The van der Waals surface area contributed by atoms with Crippen LogP contribution in [0.4, 0.5) is 0 Å². The summed E-state index contributed by atoms with van der Waals surface area (Å²) in [5.74, 6) is -0.771. The number of aliphatic carboxylic acids is 1. The van der Waals surface area contributed by atoms with E-state index in [1.807, 2.05) is 0 Å². The molecule has 0 aromatic carbocycles. The fraction of sp³-hybridized carbons (Fsp3) is 0.875. The first-order valence-electron chi connectivity index (χ1n) is 4.32. The molecule has 4 heteroatoms. The topological polar surface area (TPSA) is 58.6 Å². The van der Waals surface area contributed by atoms with Crippen molar-refractivity contribution in [3.8, 4) is 0 Å². The van der Waals surface area contributed by atoms with Gasteiger partial charge in [0.05, 0.1) is 6.61 Å². The minimum absolute atomic E-state index is 0.318. The number of hydrogen-bond acceptors (Lipinski definition) is 3. The number of rotatable bonds is 3. The van der Waals surface area contributed by atoms with Crippen LogP contribution in [0.1, 0.15) is 19.3 Å². The van der Waals surface area contributed by atoms with E-state index in [2.05, 4.69) is 5.32 Å². The second-order valence-corrected chi connectivity index (χ2v) is 3.61. The van der Waals surface area contributed by atoms with Crippen molar-refractivity contribution in [2.24, 2.45) is 0 Å². The second kappa shape index (κ2) is 2.71. The van der Waals surface area contributed by atoms with Gasteiger partial charge in [0.25, 0.3) is 0 Å². The highest BCUT2D eigenvalue weighted by Gasteiger charge is 2.45. The van der Waals surface area contributed by atoms with Crippen molar-refractivity contribution in [3.05, 3.63) is 0 Å². The van der Waals surface area contributed by atoms with Gasteiger partial charge in [-0.2, -0.15) is 0 Å². The number of ether oxygens (including phenoxy) is 1. The summed E-state index contributed by atoms with van der Waals surface area (Å²) in [5, 5.41) is 12.1. The zero-order valence-electron chi connectivity index (χ0n) is 6.88. The van der Waals surface area contributed by atoms with Gasteiger partial charge in [0, 0.05) is 19.1 Å². The maximum atomic E-state index is 10.9. The first kappa shape index (κ1) is 8.01. The number of nitrogens with one attached hydrogen (secondary N) is 1. The van der Waals surface area contributed by atoms with E-state index >= 15 is 0 Å². The molecule has 1 saturated carbocycles. The quantitative estimate of drug-likeness (QED) is 0.626. The van der Waals surface area contributed by atoms with Gasteiger partial charge in [-0.15, -0.1) is 0 Å². The van der Waals surface area contributed by atoms with Gasteiger partial charge in [-0.3, -0.25) is 10.1 Å². The highest BCUT2D eigenvalue weighted by molar-refractivity contribution is 5.79. The molecule has 0 aromatic rings. The monoisotopic (exact) mass is 171 g/mol. The lowest BCUT2D eigenvalue weighted by atomic mass is 9.99. The van der Waals surface area contributed by atoms with Gasteiger partial charge in [-0.25, -0.2) is 0 Å². The van der Waals surface area contributed by atoms with Gasteiger partial charge in [0.2, 0.25) is 0 Å². The zero-order chi connectivity index (χ0) is 8.60. The number of carbonyl (C=O) groups is 1. The molecule has 2 N–H and O–H groups in total. The van der Waals surface area contributed by atoms with E-state index < -0.39 is 11.5 Å². The van der Waals surface area contributed by atoms with Crippen molar-refractivity contribution >= 4 is 5.97 Å². The van der Waals surface area contributed by atoms with E-state index in [4.69, 9.17) is 9.84 Å². The number of carboxylic acid groups (broad SMARTS) is 1. The first-order chi connectivity index (χ1) is 5.73. The molecule has 12 heavy (non-hydrogen) atoms. The summed E-state index contributed by atoms with van der Waals surface area (Å²) in [4.78, 5) is 10.9. The Labute approximate surface area is 70.9 Å². The van der Waals surface area contributed by atoms with Crippen LogP contribution in [-0.2, 0) is 9.53 Å². The molecule has 4 nitrogen and oxygen atoms in total. The Morgan fingerprint density at radius 2 is 2.33 bits per heavy atom. The molecule has 1 atom stereocenters. The molecule has 2 fully saturated rings. The number of hydrogen-bond donors (Lipinski definition) is 2. The normalized spacial score (nSPS) is 35.3. The van der Waals surface area contributed by atoms with Crippen molar-refractivity contribution in [1.29, 1.82) is 0 Å². The Morgan fingerprint density at radius 1 is 1.58 bits per heavy atom. The highest BCUT2D eigenvalue weighted by atomic mass is 16.5. The summed E-state index contributed by atoms with van der Waals surface area (Å²) in [6.07, 6.45) is 2.81. The zero-order valence-corrected chi connectivity index (χ0v) is 6.88. The standard InChI is InChI=1S/C8H13NO3/c10-7(11)8(3-4-12-5-8)9-6-1-2-6/h6,9H,1-5H2,(H,10,11). The minimum Gasteiger partial charge on any atom is -0.480 e. The van der Waals surface area contributed by atoms with Crippen molar-refractivity contribution in [2.75, 3.05) is 13.2 Å². The Balaban J connectivity index is 2.03. The van der Waals surface area contributed by atoms with Gasteiger partial charge in [0.1, 0.15) is 5.54 Å². The summed E-state index contributed by atoms with van der Waals surface area (Å²) >= 11 is 0. The van der Waals surface area contributed by atoms with Crippen molar-refractivity contribution in [2.45, 2.75) is 30.8 Å². The highest BCUT2D eigenvalue weighted by Crippen LogP contribution is 2.27. The molecule has 1 heterocycles. The fourth-order valence-corrected chi connectivity index (χ4v) is 1.53. The summed E-state index contributed by atoms with van der Waals surface area (Å²) < 4.78 is 5.11. The smallest absolute Gasteiger partial charge is 0.326 e. The van der Waals surface area contributed by atoms with E-state index in [0.717, 1.165) is 12.8 Å². The summed E-state index contributed by atoms with van der Waals surface area (Å²) in [5.41, 5.74) is -0.777. The Hall–Kier alpha value is -0.610. The summed E-state index contributed by atoms with van der Waals surface area (Å²) in [7, 11) is 0. The van der Waals surface area contributed by atoms with Crippen LogP contribution >= 0.6 is 0 Å². The van der Waals surface area contributed by atoms with Crippen molar-refractivity contribution < 1.29 is 14.6 Å². The molecule has 1 saturated heterocycles. The molecule has 1 aliphatic carbocycles. The van der Waals surface area contributed by atoms with E-state index in [0.29, 0.717) is 25.7 Å². The third-order valence-corrected chi connectivity index (χ3v) is 2.49. The molecule has 0 spiro atoms. The Bertz CT molecular complexity index is 194. The van der Waals surface area contributed by atoms with Crippen LogP contribution in [0.5, 0.6) is 0 Å². The second-order valence-electron chi connectivity index (χ2n) is 3.61. The molecule has 1 unspecified atom stereocenters. The van der Waals surface area contributed by atoms with Crippen molar-refractivity contribution in [3.63, 3.8) is 0 Å². The lowest BCUT2D eigenvalue weighted by molar-refractivity contribution is -0.145. The molecule has 68 valence electrons. The van der Waals surface area contributed by atoms with E-state index in [1.165, 1.54) is 0 Å². The average Bonchev–Trinajstić information content (AvgIpc) is 2.66. The molecule has 0 aromatic heterocycles. The van der Waals surface area contributed by atoms with Gasteiger partial charge >= 0.3 is 5.97 Å². The van der Waals surface area contributed by atoms with Gasteiger partial charge in [-0.05, 0) is 12.8 Å². The van der Waals surface area contributed by atoms with Crippen LogP contribution in [0, 0.1) is 0 Å². The van der Waals surface area contributed by atoms with Crippen LogP contribution in [0.25, 0.3) is 0 Å².